The maximum atomic E-state index is 13.3. The van der Waals surface area contributed by atoms with Crippen molar-refractivity contribution in [3.63, 3.8) is 0 Å². The average Bonchev–Trinajstić information content (AvgIpc) is 3.25. The Morgan fingerprint density at radius 2 is 2.00 bits per heavy atom. The summed E-state index contributed by atoms with van der Waals surface area (Å²) >= 11 is 0. The lowest BCUT2D eigenvalue weighted by molar-refractivity contribution is -0.148. The summed E-state index contributed by atoms with van der Waals surface area (Å²) < 4.78 is 18.1. The van der Waals surface area contributed by atoms with E-state index in [1.54, 1.807) is 23.6 Å². The third-order valence-corrected chi connectivity index (χ3v) is 5.13. The van der Waals surface area contributed by atoms with E-state index in [0.717, 1.165) is 5.56 Å². The lowest BCUT2D eigenvalue weighted by Gasteiger charge is -2.16. The summed E-state index contributed by atoms with van der Waals surface area (Å²) in [5.41, 5.74) is 2.53. The molecule has 0 bridgehead atoms. The molecule has 1 aliphatic heterocycles. The monoisotopic (exact) mass is 394 g/mol. The van der Waals surface area contributed by atoms with Gasteiger partial charge in [0.1, 0.15) is 11.4 Å². The quantitative estimate of drug-likeness (QED) is 0.471. The number of aryl methyl sites for hydroxylation is 1. The number of para-hydroxylation sites is 1. The van der Waals surface area contributed by atoms with Gasteiger partial charge >= 0.3 is 5.97 Å². The second-order valence-corrected chi connectivity index (χ2v) is 6.88. The lowest BCUT2D eigenvalue weighted by Crippen LogP contribution is -2.31. The van der Waals surface area contributed by atoms with E-state index in [2.05, 4.69) is 4.98 Å². The third kappa shape index (κ3) is 3.22. The van der Waals surface area contributed by atoms with Gasteiger partial charge in [-0.15, -0.1) is 0 Å². The van der Waals surface area contributed by atoms with Crippen LogP contribution in [0.3, 0.4) is 0 Å². The molecular formula is C22H22N2O5. The van der Waals surface area contributed by atoms with Gasteiger partial charge in [0, 0.05) is 24.1 Å². The molecule has 0 saturated carbocycles. The molecule has 3 heterocycles. The number of carbonyl (C=O) groups excluding carboxylic acids is 2. The molecule has 0 fully saturated rings. The van der Waals surface area contributed by atoms with Crippen LogP contribution in [0, 0.1) is 6.92 Å². The number of ether oxygens (including phenoxy) is 3. The van der Waals surface area contributed by atoms with Crippen molar-refractivity contribution in [2.45, 2.75) is 32.3 Å². The molecule has 0 saturated heterocycles. The van der Waals surface area contributed by atoms with E-state index in [0.29, 0.717) is 35.1 Å². The first-order chi connectivity index (χ1) is 14.0. The summed E-state index contributed by atoms with van der Waals surface area (Å²) in [4.78, 5) is 30.1. The lowest BCUT2D eigenvalue weighted by atomic mass is 9.89. The van der Waals surface area contributed by atoms with Crippen LogP contribution < -0.4 is 9.47 Å². The Balaban J connectivity index is 1.71. The Bertz CT molecular complexity index is 1090. The van der Waals surface area contributed by atoms with Crippen LogP contribution >= 0.6 is 0 Å². The molecule has 7 nitrogen and oxygen atoms in total. The topological polar surface area (TPSA) is 79.1 Å². The molecular weight excluding hydrogens is 372 g/mol. The second-order valence-electron chi connectivity index (χ2n) is 6.88. The maximum Gasteiger partial charge on any atom is 0.347 e. The number of fused-ring (bicyclic) bond motifs is 2. The molecule has 2 atom stereocenters. The van der Waals surface area contributed by atoms with Crippen molar-refractivity contribution in [2.75, 3.05) is 13.7 Å². The van der Waals surface area contributed by atoms with E-state index in [4.69, 9.17) is 14.2 Å². The molecule has 0 N–H and O–H groups in total. The molecule has 3 aromatic rings. The largest absolute Gasteiger partial charge is 0.490 e. The predicted molar refractivity (Wildman–Crippen MR) is 106 cm³/mol. The van der Waals surface area contributed by atoms with Gasteiger partial charge in [-0.25, -0.2) is 9.78 Å². The SMILES string of the molecule is CCOc1cccn2c(C(=O)C[C@H]3c4ccccc4O[C@H]3C(=O)OC)c(C)nc12. The number of benzene rings is 1. The van der Waals surface area contributed by atoms with Crippen LogP contribution in [-0.4, -0.2) is 41.0 Å². The molecule has 0 spiro atoms. The van der Waals surface area contributed by atoms with Crippen molar-refractivity contribution in [3.8, 4) is 11.5 Å². The molecule has 0 unspecified atom stereocenters. The summed E-state index contributed by atoms with van der Waals surface area (Å²) in [6.45, 7) is 4.20. The van der Waals surface area contributed by atoms with Gasteiger partial charge in [-0.1, -0.05) is 18.2 Å². The molecule has 0 amide bonds. The van der Waals surface area contributed by atoms with Gasteiger partial charge in [0.05, 0.1) is 19.4 Å². The van der Waals surface area contributed by atoms with Crippen molar-refractivity contribution < 1.29 is 23.8 Å². The molecule has 1 aliphatic rings. The highest BCUT2D eigenvalue weighted by molar-refractivity contribution is 5.98. The van der Waals surface area contributed by atoms with E-state index in [9.17, 15) is 9.59 Å². The normalized spacial score (nSPS) is 17.6. The van der Waals surface area contributed by atoms with Gasteiger partial charge in [0.25, 0.3) is 0 Å². The van der Waals surface area contributed by atoms with Crippen LogP contribution in [0.2, 0.25) is 0 Å². The zero-order valence-corrected chi connectivity index (χ0v) is 16.5. The van der Waals surface area contributed by atoms with Gasteiger partial charge in [-0.05, 0) is 32.0 Å². The number of hydrogen-bond donors (Lipinski definition) is 0. The number of carbonyl (C=O) groups is 2. The highest BCUT2D eigenvalue weighted by atomic mass is 16.6. The smallest absolute Gasteiger partial charge is 0.347 e. The number of imidazole rings is 1. The Kier molecular flexibility index (Phi) is 4.96. The number of ketones is 1. The molecule has 2 aromatic heterocycles. The number of Topliss-reactive ketones (excluding diaryl/α,β-unsaturated/α-hetero) is 1. The number of methoxy groups -OCH3 is 1. The summed E-state index contributed by atoms with van der Waals surface area (Å²) in [6, 6.07) is 11.0. The van der Waals surface area contributed by atoms with Gasteiger partial charge < -0.3 is 14.2 Å². The van der Waals surface area contributed by atoms with Gasteiger partial charge in [0.2, 0.25) is 6.10 Å². The molecule has 7 heteroatoms. The molecule has 29 heavy (non-hydrogen) atoms. The zero-order chi connectivity index (χ0) is 20.5. The number of pyridine rings is 1. The summed E-state index contributed by atoms with van der Waals surface area (Å²) in [7, 11) is 1.32. The fraction of sp³-hybridized carbons (Fsp3) is 0.318. The first-order valence-corrected chi connectivity index (χ1v) is 9.52. The van der Waals surface area contributed by atoms with E-state index < -0.39 is 18.0 Å². The van der Waals surface area contributed by atoms with Crippen LogP contribution in [0.1, 0.15) is 41.0 Å². The van der Waals surface area contributed by atoms with Gasteiger partial charge in [0.15, 0.2) is 17.2 Å². The van der Waals surface area contributed by atoms with Crippen molar-refractivity contribution >= 4 is 17.4 Å². The number of nitrogens with zero attached hydrogens (tertiary/aromatic N) is 2. The van der Waals surface area contributed by atoms with E-state index >= 15 is 0 Å². The average molecular weight is 394 g/mol. The van der Waals surface area contributed by atoms with Crippen molar-refractivity contribution in [3.05, 3.63) is 59.5 Å². The van der Waals surface area contributed by atoms with Gasteiger partial charge in [-0.3, -0.25) is 9.20 Å². The third-order valence-electron chi connectivity index (χ3n) is 5.13. The Morgan fingerprint density at radius 1 is 1.21 bits per heavy atom. The van der Waals surface area contributed by atoms with Crippen LogP contribution in [0.5, 0.6) is 11.5 Å². The molecule has 1 aromatic carbocycles. The highest BCUT2D eigenvalue weighted by Crippen LogP contribution is 2.41. The van der Waals surface area contributed by atoms with Crippen LogP contribution in [0.4, 0.5) is 0 Å². The maximum absolute atomic E-state index is 13.3. The highest BCUT2D eigenvalue weighted by Gasteiger charge is 2.41. The fourth-order valence-electron chi connectivity index (χ4n) is 3.88. The van der Waals surface area contributed by atoms with E-state index in [1.807, 2.05) is 37.3 Å². The van der Waals surface area contributed by atoms with E-state index in [1.165, 1.54) is 7.11 Å². The minimum absolute atomic E-state index is 0.101. The second kappa shape index (κ2) is 7.58. The molecule has 150 valence electrons. The van der Waals surface area contributed by atoms with Crippen LogP contribution in [0.25, 0.3) is 5.65 Å². The minimum Gasteiger partial charge on any atom is -0.490 e. The predicted octanol–water partition coefficient (Wildman–Crippen LogP) is 3.33. The van der Waals surface area contributed by atoms with Crippen molar-refractivity contribution in [2.24, 2.45) is 0 Å². The van der Waals surface area contributed by atoms with Crippen LogP contribution in [-0.2, 0) is 9.53 Å². The number of esters is 1. The first-order valence-electron chi connectivity index (χ1n) is 9.52. The fourth-order valence-corrected chi connectivity index (χ4v) is 3.88. The zero-order valence-electron chi connectivity index (χ0n) is 16.5. The minimum atomic E-state index is -0.847. The standard InChI is InChI=1S/C22H22N2O5/c1-4-28-18-10-7-11-24-19(13(2)23-21(18)24)16(25)12-15-14-8-5-6-9-17(14)29-20(15)22(26)27-3/h5-11,15,20H,4,12H2,1-3H3/t15-,20+/m0/s1. The Labute approximate surface area is 168 Å². The Hall–Kier alpha value is -3.35. The van der Waals surface area contributed by atoms with Crippen molar-refractivity contribution in [1.29, 1.82) is 0 Å². The summed E-state index contributed by atoms with van der Waals surface area (Å²) in [5.74, 6) is 0.190. The van der Waals surface area contributed by atoms with E-state index in [-0.39, 0.29) is 12.2 Å². The number of aromatic nitrogens is 2. The Morgan fingerprint density at radius 3 is 2.76 bits per heavy atom. The molecule has 4 rings (SSSR count). The molecule has 0 radical (unpaired) electrons. The first kappa shape index (κ1) is 19.0. The number of hydrogen-bond acceptors (Lipinski definition) is 6. The van der Waals surface area contributed by atoms with Gasteiger partial charge in [-0.2, -0.15) is 0 Å². The summed E-state index contributed by atoms with van der Waals surface area (Å²) in [5, 5.41) is 0. The molecule has 0 aliphatic carbocycles. The summed E-state index contributed by atoms with van der Waals surface area (Å²) in [6.07, 6.45) is 1.05. The van der Waals surface area contributed by atoms with Crippen molar-refractivity contribution in [1.82, 2.24) is 9.38 Å². The van der Waals surface area contributed by atoms with Crippen LogP contribution in [0.15, 0.2) is 42.6 Å². The number of rotatable bonds is 6.